The van der Waals surface area contributed by atoms with E-state index in [0.717, 1.165) is 24.2 Å². The van der Waals surface area contributed by atoms with Crippen molar-refractivity contribution in [3.63, 3.8) is 0 Å². The minimum atomic E-state index is -0.182. The van der Waals surface area contributed by atoms with Crippen molar-refractivity contribution in [2.24, 2.45) is 5.92 Å². The van der Waals surface area contributed by atoms with Crippen LogP contribution in [0, 0.1) is 18.7 Å². The van der Waals surface area contributed by atoms with Crippen LogP contribution in [-0.2, 0) is 4.74 Å². The van der Waals surface area contributed by atoms with E-state index >= 15 is 0 Å². The van der Waals surface area contributed by atoms with E-state index in [1.807, 2.05) is 13.0 Å². The Morgan fingerprint density at radius 2 is 2.16 bits per heavy atom. The first-order valence-corrected chi connectivity index (χ1v) is 6.71. The van der Waals surface area contributed by atoms with Gasteiger partial charge < -0.3 is 10.1 Å². The molecule has 0 aromatic heterocycles. The molecule has 2 nitrogen and oxygen atoms in total. The standard InChI is InChI=1S/C16H24FNO/c1-12(2)15(11-18-7-8-19-4)10-14-5-6-16(17)9-13(14)3/h5-6,9-10,12,18H,7-8,11H2,1-4H3. The Balaban J connectivity index is 2.76. The van der Waals surface area contributed by atoms with Gasteiger partial charge in [0, 0.05) is 20.2 Å². The molecule has 0 bridgehead atoms. The molecule has 0 radical (unpaired) electrons. The average molecular weight is 265 g/mol. The molecule has 3 heteroatoms. The second-order valence-electron chi connectivity index (χ2n) is 5.04. The molecule has 0 aliphatic rings. The molecule has 0 aliphatic carbocycles. The van der Waals surface area contributed by atoms with Gasteiger partial charge in [-0.3, -0.25) is 0 Å². The van der Waals surface area contributed by atoms with Crippen LogP contribution in [0.15, 0.2) is 23.8 Å². The lowest BCUT2D eigenvalue weighted by Gasteiger charge is -2.13. The third kappa shape index (κ3) is 5.53. The van der Waals surface area contributed by atoms with Crippen molar-refractivity contribution < 1.29 is 9.13 Å². The second kappa shape index (κ2) is 8.08. The van der Waals surface area contributed by atoms with Crippen LogP contribution in [0.4, 0.5) is 4.39 Å². The van der Waals surface area contributed by atoms with Crippen molar-refractivity contribution in [2.45, 2.75) is 20.8 Å². The number of hydrogen-bond donors (Lipinski definition) is 1. The zero-order valence-corrected chi connectivity index (χ0v) is 12.3. The molecule has 1 aromatic carbocycles. The number of benzene rings is 1. The summed E-state index contributed by atoms with van der Waals surface area (Å²) in [4.78, 5) is 0. The number of halogens is 1. The van der Waals surface area contributed by atoms with E-state index in [0.29, 0.717) is 12.5 Å². The monoisotopic (exact) mass is 265 g/mol. The smallest absolute Gasteiger partial charge is 0.123 e. The summed E-state index contributed by atoms with van der Waals surface area (Å²) in [5.74, 6) is 0.276. The largest absolute Gasteiger partial charge is 0.383 e. The van der Waals surface area contributed by atoms with Gasteiger partial charge in [0.1, 0.15) is 5.82 Å². The fourth-order valence-corrected chi connectivity index (χ4v) is 1.83. The summed E-state index contributed by atoms with van der Waals surface area (Å²) in [5, 5.41) is 3.35. The molecule has 0 unspecified atom stereocenters. The van der Waals surface area contributed by atoms with Crippen LogP contribution in [0.1, 0.15) is 25.0 Å². The molecule has 0 aliphatic heterocycles. The number of aryl methyl sites for hydroxylation is 1. The van der Waals surface area contributed by atoms with Crippen LogP contribution in [0.5, 0.6) is 0 Å². The first-order valence-electron chi connectivity index (χ1n) is 6.71. The van der Waals surface area contributed by atoms with Crippen molar-refractivity contribution in [3.8, 4) is 0 Å². The van der Waals surface area contributed by atoms with Crippen molar-refractivity contribution in [1.82, 2.24) is 5.32 Å². The van der Waals surface area contributed by atoms with E-state index in [9.17, 15) is 4.39 Å². The highest BCUT2D eigenvalue weighted by molar-refractivity contribution is 5.57. The summed E-state index contributed by atoms with van der Waals surface area (Å²) in [5.41, 5.74) is 3.36. The second-order valence-corrected chi connectivity index (χ2v) is 5.04. The first-order chi connectivity index (χ1) is 9.04. The van der Waals surface area contributed by atoms with Gasteiger partial charge in [-0.05, 0) is 36.1 Å². The minimum Gasteiger partial charge on any atom is -0.383 e. The van der Waals surface area contributed by atoms with E-state index < -0.39 is 0 Å². The van der Waals surface area contributed by atoms with Crippen LogP contribution in [-0.4, -0.2) is 26.8 Å². The maximum atomic E-state index is 13.1. The molecule has 19 heavy (non-hydrogen) atoms. The molecule has 0 fully saturated rings. The van der Waals surface area contributed by atoms with Gasteiger partial charge in [0.2, 0.25) is 0 Å². The Bertz CT molecular complexity index is 427. The highest BCUT2D eigenvalue weighted by Crippen LogP contribution is 2.18. The molecule has 0 atom stereocenters. The highest BCUT2D eigenvalue weighted by Gasteiger charge is 2.05. The molecule has 1 rings (SSSR count). The first kappa shape index (κ1) is 15.9. The molecular weight excluding hydrogens is 241 g/mol. The minimum absolute atomic E-state index is 0.182. The van der Waals surface area contributed by atoms with E-state index in [-0.39, 0.29) is 5.82 Å². The fourth-order valence-electron chi connectivity index (χ4n) is 1.83. The van der Waals surface area contributed by atoms with Gasteiger partial charge in [-0.2, -0.15) is 0 Å². The van der Waals surface area contributed by atoms with Crippen LogP contribution in [0.3, 0.4) is 0 Å². The van der Waals surface area contributed by atoms with Crippen molar-refractivity contribution in [1.29, 1.82) is 0 Å². The number of rotatable bonds is 7. The predicted molar refractivity (Wildman–Crippen MR) is 78.7 cm³/mol. The number of hydrogen-bond acceptors (Lipinski definition) is 2. The van der Waals surface area contributed by atoms with Crippen LogP contribution < -0.4 is 5.32 Å². The quantitative estimate of drug-likeness (QED) is 0.763. The van der Waals surface area contributed by atoms with Gasteiger partial charge in [-0.15, -0.1) is 0 Å². The van der Waals surface area contributed by atoms with E-state index in [1.54, 1.807) is 13.2 Å². The van der Waals surface area contributed by atoms with Crippen molar-refractivity contribution in [2.75, 3.05) is 26.8 Å². The summed E-state index contributed by atoms with van der Waals surface area (Å²) in [7, 11) is 1.70. The van der Waals surface area contributed by atoms with Gasteiger partial charge in [-0.1, -0.05) is 31.6 Å². The van der Waals surface area contributed by atoms with Crippen LogP contribution >= 0.6 is 0 Å². The van der Waals surface area contributed by atoms with Gasteiger partial charge in [-0.25, -0.2) is 4.39 Å². The lowest BCUT2D eigenvalue weighted by atomic mass is 9.98. The molecule has 0 saturated carbocycles. The molecule has 1 N–H and O–H groups in total. The van der Waals surface area contributed by atoms with Crippen LogP contribution in [0.25, 0.3) is 6.08 Å². The number of methoxy groups -OCH3 is 1. The lowest BCUT2D eigenvalue weighted by molar-refractivity contribution is 0.200. The van der Waals surface area contributed by atoms with Crippen molar-refractivity contribution in [3.05, 3.63) is 40.7 Å². The molecule has 106 valence electrons. The van der Waals surface area contributed by atoms with Gasteiger partial charge >= 0.3 is 0 Å². The topological polar surface area (TPSA) is 21.3 Å². The van der Waals surface area contributed by atoms with Gasteiger partial charge in [0.05, 0.1) is 6.61 Å². The predicted octanol–water partition coefficient (Wildman–Crippen LogP) is 3.41. The summed E-state index contributed by atoms with van der Waals surface area (Å²) in [6.45, 7) is 8.65. The Morgan fingerprint density at radius 1 is 1.42 bits per heavy atom. The fraction of sp³-hybridized carbons (Fsp3) is 0.500. The van der Waals surface area contributed by atoms with E-state index in [4.69, 9.17) is 4.74 Å². The van der Waals surface area contributed by atoms with E-state index in [1.165, 1.54) is 11.6 Å². The summed E-state index contributed by atoms with van der Waals surface area (Å²) in [6, 6.07) is 4.92. The molecule has 0 heterocycles. The molecule has 0 spiro atoms. The maximum Gasteiger partial charge on any atom is 0.123 e. The number of nitrogens with one attached hydrogen (secondary N) is 1. The average Bonchev–Trinajstić information content (AvgIpc) is 2.35. The maximum absolute atomic E-state index is 13.1. The van der Waals surface area contributed by atoms with Gasteiger partial charge in [0.15, 0.2) is 0 Å². The Morgan fingerprint density at radius 3 is 2.74 bits per heavy atom. The van der Waals surface area contributed by atoms with Crippen LogP contribution in [0.2, 0.25) is 0 Å². The third-order valence-corrected chi connectivity index (χ3v) is 3.13. The molecular formula is C16H24FNO. The van der Waals surface area contributed by atoms with Gasteiger partial charge in [0.25, 0.3) is 0 Å². The Hall–Kier alpha value is -1.19. The zero-order valence-electron chi connectivity index (χ0n) is 12.3. The summed E-state index contributed by atoms with van der Waals surface area (Å²) < 4.78 is 18.1. The number of ether oxygens (including phenoxy) is 1. The summed E-state index contributed by atoms with van der Waals surface area (Å²) >= 11 is 0. The third-order valence-electron chi connectivity index (χ3n) is 3.13. The van der Waals surface area contributed by atoms with Crippen molar-refractivity contribution >= 4 is 6.08 Å². The lowest BCUT2D eigenvalue weighted by Crippen LogP contribution is -2.23. The normalized spacial score (nSPS) is 12.2. The molecule has 0 saturated heterocycles. The molecule has 1 aromatic rings. The Labute approximate surface area is 115 Å². The van der Waals surface area contributed by atoms with E-state index in [2.05, 4.69) is 25.2 Å². The SMILES string of the molecule is COCCNCC(=Cc1ccc(F)cc1C)C(C)C. The summed E-state index contributed by atoms with van der Waals surface area (Å²) in [6.07, 6.45) is 2.15. The zero-order chi connectivity index (χ0) is 14.3. The Kier molecular flexibility index (Phi) is 6.74. The molecule has 0 amide bonds. The highest BCUT2D eigenvalue weighted by atomic mass is 19.1.